The number of rotatable bonds is 5. The first-order valence-electron chi connectivity index (χ1n) is 5.12. The van der Waals surface area contributed by atoms with E-state index in [2.05, 4.69) is 15.7 Å². The normalized spacial score (nSPS) is 12.2. The number of hydrogen-bond donors (Lipinski definition) is 3. The van der Waals surface area contributed by atoms with Gasteiger partial charge in [0.1, 0.15) is 5.82 Å². The van der Waals surface area contributed by atoms with Crippen LogP contribution in [0.15, 0.2) is 18.3 Å². The summed E-state index contributed by atoms with van der Waals surface area (Å²) in [6.45, 7) is 3.68. The van der Waals surface area contributed by atoms with Gasteiger partial charge in [0.05, 0.1) is 4.75 Å². The second kappa shape index (κ2) is 4.89. The van der Waals surface area contributed by atoms with Crippen LogP contribution >= 0.6 is 0 Å². The minimum Gasteiger partial charge on any atom is -0.383 e. The van der Waals surface area contributed by atoms with Crippen LogP contribution in [0.5, 0.6) is 0 Å². The summed E-state index contributed by atoms with van der Waals surface area (Å²) in [5.74, 6) is 5.75. The molecular weight excluding hydrogens is 240 g/mol. The topological polar surface area (TPSA) is 97.1 Å². The fourth-order valence-corrected chi connectivity index (χ4v) is 1.40. The Morgan fingerprint density at radius 2 is 2.12 bits per heavy atom. The van der Waals surface area contributed by atoms with Gasteiger partial charge in [-0.05, 0) is 19.9 Å². The second-order valence-corrected chi connectivity index (χ2v) is 7.11. The molecule has 0 aliphatic carbocycles. The van der Waals surface area contributed by atoms with Crippen molar-refractivity contribution in [2.24, 2.45) is 5.84 Å². The van der Waals surface area contributed by atoms with Crippen LogP contribution in [0.3, 0.4) is 0 Å². The Labute approximate surface area is 102 Å². The molecule has 17 heavy (non-hydrogen) atoms. The minimum absolute atomic E-state index is 0.319. The lowest BCUT2D eigenvalue weighted by Crippen LogP contribution is -2.38. The van der Waals surface area contributed by atoms with Crippen LogP contribution in [-0.2, 0) is 9.84 Å². The first-order valence-corrected chi connectivity index (χ1v) is 7.01. The van der Waals surface area contributed by atoms with Crippen molar-refractivity contribution in [1.82, 2.24) is 4.98 Å². The highest BCUT2D eigenvalue weighted by atomic mass is 32.2. The van der Waals surface area contributed by atoms with Gasteiger partial charge in [0, 0.05) is 30.8 Å². The first kappa shape index (κ1) is 13.7. The van der Waals surface area contributed by atoms with Crippen LogP contribution in [0, 0.1) is 0 Å². The molecule has 1 aromatic heterocycles. The average molecular weight is 258 g/mol. The van der Waals surface area contributed by atoms with E-state index in [1.807, 2.05) is 0 Å². The number of pyridine rings is 1. The number of nitrogens with zero attached hydrogens (tertiary/aromatic N) is 1. The quantitative estimate of drug-likeness (QED) is 0.528. The highest BCUT2D eigenvalue weighted by Gasteiger charge is 2.29. The molecule has 0 radical (unpaired) electrons. The van der Waals surface area contributed by atoms with Crippen molar-refractivity contribution in [1.29, 1.82) is 0 Å². The molecule has 1 heterocycles. The van der Waals surface area contributed by atoms with Gasteiger partial charge in [-0.15, -0.1) is 0 Å². The molecule has 0 saturated heterocycles. The fourth-order valence-electron chi connectivity index (χ4n) is 1.07. The highest BCUT2D eigenvalue weighted by molar-refractivity contribution is 7.92. The zero-order valence-corrected chi connectivity index (χ0v) is 11.0. The smallest absolute Gasteiger partial charge is 0.154 e. The fraction of sp³-hybridized carbons (Fsp3) is 0.500. The van der Waals surface area contributed by atoms with Gasteiger partial charge in [-0.2, -0.15) is 0 Å². The molecule has 0 amide bonds. The van der Waals surface area contributed by atoms with Gasteiger partial charge in [0.25, 0.3) is 0 Å². The van der Waals surface area contributed by atoms with Crippen molar-refractivity contribution >= 4 is 21.3 Å². The molecule has 0 aromatic carbocycles. The number of hydrazine groups is 1. The van der Waals surface area contributed by atoms with Crippen molar-refractivity contribution in [2.75, 3.05) is 23.5 Å². The van der Waals surface area contributed by atoms with E-state index in [0.29, 0.717) is 12.4 Å². The average Bonchev–Trinajstić information content (AvgIpc) is 2.25. The van der Waals surface area contributed by atoms with Crippen molar-refractivity contribution in [2.45, 2.75) is 18.6 Å². The van der Waals surface area contributed by atoms with Crippen LogP contribution in [0.4, 0.5) is 11.5 Å². The number of nitrogen functional groups attached to an aromatic ring is 1. The van der Waals surface area contributed by atoms with E-state index < -0.39 is 14.6 Å². The van der Waals surface area contributed by atoms with E-state index in [4.69, 9.17) is 5.84 Å². The van der Waals surface area contributed by atoms with E-state index in [9.17, 15) is 8.42 Å². The molecular formula is C10H18N4O2S. The van der Waals surface area contributed by atoms with Gasteiger partial charge in [-0.25, -0.2) is 19.2 Å². The molecule has 0 aliphatic rings. The van der Waals surface area contributed by atoms with Crippen molar-refractivity contribution in [3.8, 4) is 0 Å². The summed E-state index contributed by atoms with van der Waals surface area (Å²) in [5.41, 5.74) is 3.19. The number of anilines is 2. The summed E-state index contributed by atoms with van der Waals surface area (Å²) < 4.78 is 22.2. The van der Waals surface area contributed by atoms with E-state index >= 15 is 0 Å². The molecule has 0 bridgehead atoms. The molecule has 1 rings (SSSR count). The maximum Gasteiger partial charge on any atom is 0.154 e. The van der Waals surface area contributed by atoms with Crippen LogP contribution in [0.2, 0.25) is 0 Å². The van der Waals surface area contributed by atoms with Crippen LogP contribution in [-0.4, -0.2) is 30.9 Å². The largest absolute Gasteiger partial charge is 0.383 e. The summed E-state index contributed by atoms with van der Waals surface area (Å²) in [5, 5.41) is 3.05. The maximum atomic E-state index is 11.5. The van der Waals surface area contributed by atoms with Crippen LogP contribution in [0.1, 0.15) is 13.8 Å². The van der Waals surface area contributed by atoms with E-state index in [1.54, 1.807) is 32.2 Å². The Hall–Kier alpha value is -1.34. The Kier molecular flexibility index (Phi) is 3.94. The van der Waals surface area contributed by atoms with Crippen LogP contribution < -0.4 is 16.6 Å². The van der Waals surface area contributed by atoms with Crippen molar-refractivity contribution in [3.63, 3.8) is 0 Å². The monoisotopic (exact) mass is 258 g/mol. The molecule has 6 nitrogen and oxygen atoms in total. The molecule has 0 fully saturated rings. The maximum absolute atomic E-state index is 11.5. The Morgan fingerprint density at radius 3 is 2.65 bits per heavy atom. The van der Waals surface area contributed by atoms with E-state index in [1.165, 1.54) is 6.26 Å². The molecule has 0 saturated carbocycles. The third kappa shape index (κ3) is 3.57. The lowest BCUT2D eigenvalue weighted by atomic mass is 10.2. The standard InChI is InChI=1S/C10H18N4O2S/c1-10(2,17(3,15)16)7-13-8-4-5-12-9(6-8)14-11/h4-6H,7,11H2,1-3H3,(H2,12,13,14). The molecule has 4 N–H and O–H groups in total. The molecule has 0 spiro atoms. The third-order valence-electron chi connectivity index (χ3n) is 2.63. The van der Waals surface area contributed by atoms with Gasteiger partial charge in [0.15, 0.2) is 9.84 Å². The van der Waals surface area contributed by atoms with E-state index in [0.717, 1.165) is 5.69 Å². The molecule has 96 valence electrons. The third-order valence-corrected chi connectivity index (χ3v) is 4.78. The highest BCUT2D eigenvalue weighted by Crippen LogP contribution is 2.17. The Bertz CT molecular complexity index is 485. The van der Waals surface area contributed by atoms with Gasteiger partial charge in [0.2, 0.25) is 0 Å². The van der Waals surface area contributed by atoms with Crippen molar-refractivity contribution in [3.05, 3.63) is 18.3 Å². The Morgan fingerprint density at radius 1 is 1.47 bits per heavy atom. The predicted molar refractivity (Wildman–Crippen MR) is 69.5 cm³/mol. The summed E-state index contributed by atoms with van der Waals surface area (Å²) in [7, 11) is -3.11. The van der Waals surface area contributed by atoms with Gasteiger partial charge in [-0.3, -0.25) is 0 Å². The first-order chi connectivity index (χ1) is 7.76. The van der Waals surface area contributed by atoms with Gasteiger partial charge < -0.3 is 10.7 Å². The minimum atomic E-state index is -3.11. The number of aromatic nitrogens is 1. The predicted octanol–water partition coefficient (Wildman–Crippen LogP) is 0.602. The summed E-state index contributed by atoms with van der Waals surface area (Å²) in [6, 6.07) is 3.46. The SMILES string of the molecule is CC(C)(CNc1ccnc(NN)c1)S(C)(=O)=O. The zero-order chi connectivity index (χ0) is 13.1. The number of nitrogens with two attached hydrogens (primary N) is 1. The number of hydrogen-bond acceptors (Lipinski definition) is 6. The lowest BCUT2D eigenvalue weighted by molar-refractivity contribution is 0.560. The van der Waals surface area contributed by atoms with Gasteiger partial charge in [-0.1, -0.05) is 0 Å². The van der Waals surface area contributed by atoms with Crippen LogP contribution in [0.25, 0.3) is 0 Å². The molecule has 0 aliphatic heterocycles. The van der Waals surface area contributed by atoms with Crippen molar-refractivity contribution < 1.29 is 8.42 Å². The van der Waals surface area contributed by atoms with E-state index in [-0.39, 0.29) is 0 Å². The Balaban J connectivity index is 2.74. The molecule has 7 heteroatoms. The summed E-state index contributed by atoms with van der Waals surface area (Å²) >= 11 is 0. The van der Waals surface area contributed by atoms with Gasteiger partial charge >= 0.3 is 0 Å². The molecule has 1 aromatic rings. The number of sulfone groups is 1. The molecule has 0 atom stereocenters. The second-order valence-electron chi connectivity index (χ2n) is 4.46. The summed E-state index contributed by atoms with van der Waals surface area (Å²) in [4.78, 5) is 3.96. The summed E-state index contributed by atoms with van der Waals surface area (Å²) in [6.07, 6.45) is 2.82. The number of nitrogens with one attached hydrogen (secondary N) is 2. The zero-order valence-electron chi connectivity index (χ0n) is 10.2. The molecule has 0 unspecified atom stereocenters. The lowest BCUT2D eigenvalue weighted by Gasteiger charge is -2.23.